The molecule has 1 N–H and O–H groups in total. The second kappa shape index (κ2) is 5.94. The Balaban J connectivity index is 1.85. The molecular weight excluding hydrogens is 324 g/mol. The van der Waals surface area contributed by atoms with E-state index in [1.807, 2.05) is 25.1 Å². The summed E-state index contributed by atoms with van der Waals surface area (Å²) in [6.45, 7) is 2.57. The van der Waals surface area contributed by atoms with Crippen LogP contribution < -0.4 is 10.1 Å². The van der Waals surface area contributed by atoms with Crippen molar-refractivity contribution in [3.63, 3.8) is 0 Å². The lowest BCUT2D eigenvalue weighted by Crippen LogP contribution is -2.13. The van der Waals surface area contributed by atoms with Crippen LogP contribution in [0.5, 0.6) is 5.75 Å². The topological polar surface area (TPSA) is 69.0 Å². The van der Waals surface area contributed by atoms with Crippen molar-refractivity contribution in [2.24, 2.45) is 0 Å². The lowest BCUT2D eigenvalue weighted by Gasteiger charge is -1.98. The molecule has 6 nitrogen and oxygen atoms in total. The number of amides is 1. The number of hydrogen-bond donors (Lipinski definition) is 1. The molecule has 2 aromatic heterocycles. The number of carbonyl (C=O) groups excluding carboxylic acids is 1. The highest BCUT2D eigenvalue weighted by Gasteiger charge is 2.17. The molecule has 2 heterocycles. The molecule has 0 fully saturated rings. The van der Waals surface area contributed by atoms with E-state index in [-0.39, 0.29) is 11.6 Å². The largest absolute Gasteiger partial charge is 0.497 e. The van der Waals surface area contributed by atoms with Crippen molar-refractivity contribution in [3.8, 4) is 5.75 Å². The summed E-state index contributed by atoms with van der Waals surface area (Å²) in [5, 5.41) is 7.68. The maximum absolute atomic E-state index is 12.2. The van der Waals surface area contributed by atoms with Crippen LogP contribution in [0.4, 0.5) is 5.13 Å². The van der Waals surface area contributed by atoms with Gasteiger partial charge in [-0.05, 0) is 25.1 Å². The molecule has 0 aliphatic carbocycles. The molecule has 0 saturated heterocycles. The van der Waals surface area contributed by atoms with Gasteiger partial charge < -0.3 is 4.74 Å². The number of aromatic nitrogens is 3. The molecule has 22 heavy (non-hydrogen) atoms. The van der Waals surface area contributed by atoms with Crippen molar-refractivity contribution >= 4 is 44.2 Å². The Morgan fingerprint density at radius 3 is 3.00 bits per heavy atom. The van der Waals surface area contributed by atoms with Crippen LogP contribution >= 0.6 is 22.9 Å². The van der Waals surface area contributed by atoms with E-state index in [2.05, 4.69) is 15.4 Å². The molecule has 1 aromatic carbocycles. The molecule has 0 radical (unpaired) electrons. The number of hydrogen-bond acceptors (Lipinski definition) is 5. The summed E-state index contributed by atoms with van der Waals surface area (Å²) in [4.78, 5) is 16.6. The monoisotopic (exact) mass is 336 g/mol. The van der Waals surface area contributed by atoms with Gasteiger partial charge in [-0.15, -0.1) is 0 Å². The predicted molar refractivity (Wildman–Crippen MR) is 87.0 cm³/mol. The first-order valence-electron chi connectivity index (χ1n) is 6.59. The van der Waals surface area contributed by atoms with Crippen LogP contribution in [-0.2, 0) is 6.54 Å². The van der Waals surface area contributed by atoms with E-state index >= 15 is 0 Å². The van der Waals surface area contributed by atoms with Crippen LogP contribution in [-0.4, -0.2) is 27.8 Å². The minimum atomic E-state index is -0.372. The number of benzene rings is 1. The molecule has 0 unspecified atom stereocenters. The number of nitrogens with zero attached hydrogens (tertiary/aromatic N) is 3. The number of rotatable bonds is 4. The number of ether oxygens (including phenoxy) is 1. The van der Waals surface area contributed by atoms with Gasteiger partial charge in [0, 0.05) is 12.7 Å². The lowest BCUT2D eigenvalue weighted by molar-refractivity contribution is 0.102. The van der Waals surface area contributed by atoms with Crippen molar-refractivity contribution < 1.29 is 9.53 Å². The zero-order valence-electron chi connectivity index (χ0n) is 12.0. The highest BCUT2D eigenvalue weighted by atomic mass is 35.5. The standard InChI is InChI=1S/C14H13ClN4O2S/c1-3-19-7-9(15)12(18-19)13(20)17-14-16-10-5-4-8(21-2)6-11(10)22-14/h4-7H,3H2,1-2H3,(H,16,17,20). The number of thiazole rings is 1. The molecular formula is C14H13ClN4O2S. The average molecular weight is 337 g/mol. The Morgan fingerprint density at radius 1 is 1.50 bits per heavy atom. The third-order valence-corrected chi connectivity index (χ3v) is 4.28. The van der Waals surface area contributed by atoms with Gasteiger partial charge >= 0.3 is 0 Å². The van der Waals surface area contributed by atoms with Gasteiger partial charge in [0.15, 0.2) is 10.8 Å². The van der Waals surface area contributed by atoms with Gasteiger partial charge in [0.25, 0.3) is 5.91 Å². The van der Waals surface area contributed by atoms with E-state index in [0.29, 0.717) is 16.7 Å². The van der Waals surface area contributed by atoms with Gasteiger partial charge in [0.05, 0.1) is 22.3 Å². The van der Waals surface area contributed by atoms with E-state index < -0.39 is 0 Å². The first-order chi connectivity index (χ1) is 10.6. The fourth-order valence-electron chi connectivity index (χ4n) is 1.95. The van der Waals surface area contributed by atoms with Crippen molar-refractivity contribution in [1.82, 2.24) is 14.8 Å². The Labute approximate surface area is 135 Å². The summed E-state index contributed by atoms with van der Waals surface area (Å²) in [6.07, 6.45) is 1.62. The Kier molecular flexibility index (Phi) is 4.00. The second-order valence-electron chi connectivity index (χ2n) is 4.49. The summed E-state index contributed by atoms with van der Waals surface area (Å²) in [6, 6.07) is 5.55. The van der Waals surface area contributed by atoms with Crippen LogP contribution in [0, 0.1) is 0 Å². The number of fused-ring (bicyclic) bond motifs is 1. The minimum absolute atomic E-state index is 0.195. The quantitative estimate of drug-likeness (QED) is 0.792. The number of carbonyl (C=O) groups is 1. The summed E-state index contributed by atoms with van der Waals surface area (Å²) in [7, 11) is 1.61. The molecule has 0 saturated carbocycles. The average Bonchev–Trinajstić information content (AvgIpc) is 3.08. The van der Waals surface area contributed by atoms with Crippen molar-refractivity contribution in [3.05, 3.63) is 35.1 Å². The van der Waals surface area contributed by atoms with Gasteiger partial charge in [-0.25, -0.2) is 4.98 Å². The van der Waals surface area contributed by atoms with E-state index in [0.717, 1.165) is 16.0 Å². The normalized spacial score (nSPS) is 10.9. The van der Waals surface area contributed by atoms with E-state index in [1.165, 1.54) is 11.3 Å². The minimum Gasteiger partial charge on any atom is -0.497 e. The fourth-order valence-corrected chi connectivity index (χ4v) is 3.08. The van der Waals surface area contributed by atoms with Crippen LogP contribution in [0.15, 0.2) is 24.4 Å². The maximum Gasteiger partial charge on any atom is 0.279 e. The molecule has 0 aliphatic heterocycles. The van der Waals surface area contributed by atoms with Gasteiger partial charge in [-0.1, -0.05) is 22.9 Å². The second-order valence-corrected chi connectivity index (χ2v) is 5.93. The van der Waals surface area contributed by atoms with Crippen molar-refractivity contribution in [2.75, 3.05) is 12.4 Å². The predicted octanol–water partition coefficient (Wildman–Crippen LogP) is 3.43. The summed E-state index contributed by atoms with van der Waals surface area (Å²) in [5.74, 6) is 0.377. The first kappa shape index (κ1) is 14.8. The highest BCUT2D eigenvalue weighted by molar-refractivity contribution is 7.22. The van der Waals surface area contributed by atoms with Gasteiger partial charge in [0.1, 0.15) is 5.75 Å². The molecule has 0 spiro atoms. The molecule has 0 bridgehead atoms. The van der Waals surface area contributed by atoms with Crippen LogP contribution in [0.1, 0.15) is 17.4 Å². The van der Waals surface area contributed by atoms with E-state index in [1.54, 1.807) is 18.0 Å². The lowest BCUT2D eigenvalue weighted by atomic mass is 10.3. The summed E-state index contributed by atoms with van der Waals surface area (Å²) >= 11 is 7.39. The molecule has 0 aliphatic rings. The molecule has 3 rings (SSSR count). The van der Waals surface area contributed by atoms with Gasteiger partial charge in [-0.2, -0.15) is 5.10 Å². The molecule has 3 aromatic rings. The smallest absolute Gasteiger partial charge is 0.279 e. The number of nitrogens with one attached hydrogen (secondary N) is 1. The van der Waals surface area contributed by atoms with Crippen LogP contribution in [0.2, 0.25) is 5.02 Å². The van der Waals surface area contributed by atoms with Crippen LogP contribution in [0.3, 0.4) is 0 Å². The number of aryl methyl sites for hydroxylation is 1. The summed E-state index contributed by atoms with van der Waals surface area (Å²) < 4.78 is 7.72. The molecule has 114 valence electrons. The Hall–Kier alpha value is -2.12. The van der Waals surface area contributed by atoms with Gasteiger partial charge in [0.2, 0.25) is 0 Å². The van der Waals surface area contributed by atoms with E-state index in [4.69, 9.17) is 16.3 Å². The van der Waals surface area contributed by atoms with Crippen LogP contribution in [0.25, 0.3) is 10.2 Å². The molecule has 0 atom stereocenters. The number of methoxy groups -OCH3 is 1. The molecule has 8 heteroatoms. The maximum atomic E-state index is 12.2. The van der Waals surface area contributed by atoms with Crippen molar-refractivity contribution in [1.29, 1.82) is 0 Å². The van der Waals surface area contributed by atoms with E-state index in [9.17, 15) is 4.79 Å². The van der Waals surface area contributed by atoms with Gasteiger partial charge in [-0.3, -0.25) is 14.8 Å². The first-order valence-corrected chi connectivity index (χ1v) is 7.79. The van der Waals surface area contributed by atoms with Crippen molar-refractivity contribution in [2.45, 2.75) is 13.5 Å². The number of halogens is 1. The Bertz CT molecular complexity index is 843. The summed E-state index contributed by atoms with van der Waals surface area (Å²) in [5.41, 5.74) is 0.992. The third kappa shape index (κ3) is 2.77. The molecule has 1 amide bonds. The fraction of sp³-hybridized carbons (Fsp3) is 0.214. The highest BCUT2D eigenvalue weighted by Crippen LogP contribution is 2.29. The zero-order valence-corrected chi connectivity index (χ0v) is 13.5. The third-order valence-electron chi connectivity index (χ3n) is 3.07. The number of anilines is 1. The zero-order chi connectivity index (χ0) is 15.7. The SMILES string of the molecule is CCn1cc(Cl)c(C(=O)Nc2nc3ccc(OC)cc3s2)n1. The Morgan fingerprint density at radius 2 is 2.32 bits per heavy atom.